The molecule has 0 spiro atoms. The molecule has 0 N–H and O–H groups in total. The third-order valence-corrected chi connectivity index (χ3v) is 2.92. The number of benzene rings is 2. The van der Waals surface area contributed by atoms with Gasteiger partial charge in [-0.1, -0.05) is 18.2 Å². The van der Waals surface area contributed by atoms with Gasteiger partial charge in [0.05, 0.1) is 5.60 Å². The molecule has 0 amide bonds. The number of hydrogen-bond donors (Lipinski definition) is 0. The number of hydrogen-bond acceptors (Lipinski definition) is 3. The molecular weight excluding hydrogens is 264 g/mol. The van der Waals surface area contributed by atoms with Gasteiger partial charge in [-0.3, -0.25) is 0 Å². The molecular formula is C18H22O3. The minimum atomic E-state index is -0.284. The van der Waals surface area contributed by atoms with Crippen LogP contribution in [0.25, 0.3) is 0 Å². The van der Waals surface area contributed by atoms with Gasteiger partial charge in [0.15, 0.2) is 0 Å². The van der Waals surface area contributed by atoms with Crippen molar-refractivity contribution in [2.24, 2.45) is 0 Å². The minimum Gasteiger partial charge on any atom is -0.491 e. The average molecular weight is 286 g/mol. The lowest BCUT2D eigenvalue weighted by atomic mass is 10.1. The maximum absolute atomic E-state index is 5.75. The first kappa shape index (κ1) is 15.4. The molecule has 21 heavy (non-hydrogen) atoms. The Kier molecular flexibility index (Phi) is 5.23. The van der Waals surface area contributed by atoms with Crippen LogP contribution in [0.15, 0.2) is 54.6 Å². The van der Waals surface area contributed by atoms with Gasteiger partial charge in [-0.05, 0) is 57.2 Å². The Morgan fingerprint density at radius 1 is 0.810 bits per heavy atom. The van der Waals surface area contributed by atoms with Gasteiger partial charge in [-0.2, -0.15) is 0 Å². The van der Waals surface area contributed by atoms with Crippen LogP contribution in [-0.4, -0.2) is 18.8 Å². The van der Waals surface area contributed by atoms with E-state index in [0.29, 0.717) is 13.2 Å². The monoisotopic (exact) mass is 286 g/mol. The molecule has 0 atom stereocenters. The van der Waals surface area contributed by atoms with Crippen molar-refractivity contribution in [2.75, 3.05) is 13.2 Å². The van der Waals surface area contributed by atoms with Gasteiger partial charge in [0.1, 0.15) is 23.9 Å². The Morgan fingerprint density at radius 2 is 1.38 bits per heavy atom. The van der Waals surface area contributed by atoms with Gasteiger partial charge in [-0.25, -0.2) is 0 Å². The third-order valence-electron chi connectivity index (χ3n) is 2.92. The quantitative estimate of drug-likeness (QED) is 0.740. The first-order chi connectivity index (χ1) is 10.1. The molecule has 0 bridgehead atoms. The predicted molar refractivity (Wildman–Crippen MR) is 84.2 cm³/mol. The van der Waals surface area contributed by atoms with Crippen LogP contribution in [0.3, 0.4) is 0 Å². The number of ether oxygens (including phenoxy) is 3. The molecule has 0 heterocycles. The van der Waals surface area contributed by atoms with E-state index in [1.54, 1.807) is 0 Å². The Hall–Kier alpha value is -2.00. The second kappa shape index (κ2) is 7.14. The Balaban J connectivity index is 1.90. The van der Waals surface area contributed by atoms with Gasteiger partial charge in [0, 0.05) is 6.61 Å². The van der Waals surface area contributed by atoms with Crippen molar-refractivity contribution in [2.45, 2.75) is 26.4 Å². The SMILES string of the molecule is CCOC(C)(C)COc1ccc(Oc2ccccc2)cc1. The van der Waals surface area contributed by atoms with E-state index >= 15 is 0 Å². The highest BCUT2D eigenvalue weighted by Crippen LogP contribution is 2.24. The number of para-hydroxylation sites is 1. The molecule has 3 nitrogen and oxygen atoms in total. The van der Waals surface area contributed by atoms with E-state index in [1.807, 2.05) is 75.4 Å². The summed E-state index contributed by atoms with van der Waals surface area (Å²) in [7, 11) is 0. The van der Waals surface area contributed by atoms with Crippen LogP contribution in [0.1, 0.15) is 20.8 Å². The van der Waals surface area contributed by atoms with Crippen LogP contribution in [0.2, 0.25) is 0 Å². The van der Waals surface area contributed by atoms with Gasteiger partial charge >= 0.3 is 0 Å². The molecule has 0 fully saturated rings. The lowest BCUT2D eigenvalue weighted by Gasteiger charge is -2.24. The molecule has 0 aliphatic heterocycles. The van der Waals surface area contributed by atoms with E-state index in [1.165, 1.54) is 0 Å². The molecule has 0 aliphatic rings. The van der Waals surface area contributed by atoms with Crippen molar-refractivity contribution in [1.82, 2.24) is 0 Å². The molecule has 3 heteroatoms. The predicted octanol–water partition coefficient (Wildman–Crippen LogP) is 4.67. The highest BCUT2D eigenvalue weighted by atomic mass is 16.5. The molecule has 2 aromatic rings. The standard InChI is InChI=1S/C18H22O3/c1-4-20-18(2,3)14-19-15-10-12-17(13-11-15)21-16-8-6-5-7-9-16/h5-13H,4,14H2,1-3H3. The lowest BCUT2D eigenvalue weighted by molar-refractivity contribution is -0.0407. The lowest BCUT2D eigenvalue weighted by Crippen LogP contribution is -2.32. The van der Waals surface area contributed by atoms with Gasteiger partial charge < -0.3 is 14.2 Å². The van der Waals surface area contributed by atoms with Gasteiger partial charge in [0.2, 0.25) is 0 Å². The fraction of sp³-hybridized carbons (Fsp3) is 0.333. The van der Waals surface area contributed by atoms with Crippen molar-refractivity contribution in [1.29, 1.82) is 0 Å². The molecule has 112 valence electrons. The zero-order chi connectivity index (χ0) is 15.1. The van der Waals surface area contributed by atoms with Crippen LogP contribution >= 0.6 is 0 Å². The molecule has 2 aromatic carbocycles. The van der Waals surface area contributed by atoms with Crippen molar-refractivity contribution in [3.63, 3.8) is 0 Å². The second-order valence-corrected chi connectivity index (χ2v) is 5.37. The van der Waals surface area contributed by atoms with Gasteiger partial charge in [-0.15, -0.1) is 0 Å². The minimum absolute atomic E-state index is 0.284. The van der Waals surface area contributed by atoms with Crippen molar-refractivity contribution in [3.8, 4) is 17.2 Å². The van der Waals surface area contributed by atoms with E-state index in [4.69, 9.17) is 14.2 Å². The Morgan fingerprint density at radius 3 is 2.00 bits per heavy atom. The van der Waals surface area contributed by atoms with E-state index in [2.05, 4.69) is 0 Å². The first-order valence-corrected chi connectivity index (χ1v) is 7.19. The highest BCUT2D eigenvalue weighted by molar-refractivity contribution is 5.35. The molecule has 0 unspecified atom stereocenters. The molecule has 2 rings (SSSR count). The van der Waals surface area contributed by atoms with Crippen LogP contribution in [-0.2, 0) is 4.74 Å². The topological polar surface area (TPSA) is 27.7 Å². The van der Waals surface area contributed by atoms with Crippen LogP contribution < -0.4 is 9.47 Å². The van der Waals surface area contributed by atoms with E-state index in [0.717, 1.165) is 17.2 Å². The normalized spacial score (nSPS) is 11.2. The van der Waals surface area contributed by atoms with Crippen LogP contribution in [0.4, 0.5) is 0 Å². The summed E-state index contributed by atoms with van der Waals surface area (Å²) in [4.78, 5) is 0. The summed E-state index contributed by atoms with van der Waals surface area (Å²) in [6.07, 6.45) is 0. The van der Waals surface area contributed by atoms with E-state index in [9.17, 15) is 0 Å². The summed E-state index contributed by atoms with van der Waals surface area (Å²) in [5, 5.41) is 0. The fourth-order valence-electron chi connectivity index (χ4n) is 1.92. The zero-order valence-corrected chi connectivity index (χ0v) is 12.8. The van der Waals surface area contributed by atoms with Crippen LogP contribution in [0.5, 0.6) is 17.2 Å². The van der Waals surface area contributed by atoms with E-state index < -0.39 is 0 Å². The first-order valence-electron chi connectivity index (χ1n) is 7.19. The zero-order valence-electron chi connectivity index (χ0n) is 12.8. The third kappa shape index (κ3) is 5.12. The van der Waals surface area contributed by atoms with Crippen molar-refractivity contribution >= 4 is 0 Å². The molecule has 0 saturated carbocycles. The Bertz CT molecular complexity index is 532. The summed E-state index contributed by atoms with van der Waals surface area (Å²) in [5.41, 5.74) is -0.284. The summed E-state index contributed by atoms with van der Waals surface area (Å²) in [5.74, 6) is 2.42. The molecule has 0 aromatic heterocycles. The number of rotatable bonds is 7. The summed E-state index contributed by atoms with van der Waals surface area (Å²) < 4.78 is 17.1. The smallest absolute Gasteiger partial charge is 0.127 e. The average Bonchev–Trinajstić information content (AvgIpc) is 2.48. The second-order valence-electron chi connectivity index (χ2n) is 5.37. The molecule has 0 saturated heterocycles. The summed E-state index contributed by atoms with van der Waals surface area (Å²) >= 11 is 0. The summed E-state index contributed by atoms with van der Waals surface area (Å²) in [6.45, 7) is 7.21. The largest absolute Gasteiger partial charge is 0.491 e. The maximum atomic E-state index is 5.75. The molecule has 0 aliphatic carbocycles. The fourth-order valence-corrected chi connectivity index (χ4v) is 1.92. The van der Waals surface area contributed by atoms with Crippen molar-refractivity contribution < 1.29 is 14.2 Å². The van der Waals surface area contributed by atoms with Gasteiger partial charge in [0.25, 0.3) is 0 Å². The van der Waals surface area contributed by atoms with Crippen LogP contribution in [0, 0.1) is 0 Å². The van der Waals surface area contributed by atoms with E-state index in [-0.39, 0.29) is 5.60 Å². The highest BCUT2D eigenvalue weighted by Gasteiger charge is 2.18. The summed E-state index contributed by atoms with van der Waals surface area (Å²) in [6, 6.07) is 17.3. The molecule has 0 radical (unpaired) electrons. The van der Waals surface area contributed by atoms with Crippen molar-refractivity contribution in [3.05, 3.63) is 54.6 Å². The maximum Gasteiger partial charge on any atom is 0.127 e. The Labute approximate surface area is 126 Å².